The van der Waals surface area contributed by atoms with Crippen molar-refractivity contribution in [2.45, 2.75) is 25.7 Å². The molecule has 2 heteroatoms. The van der Waals surface area contributed by atoms with E-state index in [1.165, 1.54) is 5.56 Å². The predicted molar refractivity (Wildman–Crippen MR) is 67.2 cm³/mol. The fraction of sp³-hybridized carbons (Fsp3) is 0.357. The Bertz CT molecular complexity index is 319. The molecule has 0 saturated carbocycles. The molecule has 1 rings (SSSR count). The predicted octanol–water partition coefficient (Wildman–Crippen LogP) is 2.70. The van der Waals surface area contributed by atoms with Gasteiger partial charge in [-0.15, -0.1) is 6.58 Å². The minimum atomic E-state index is 0.132. The van der Waals surface area contributed by atoms with Gasteiger partial charge in [-0.25, -0.2) is 0 Å². The molecule has 0 saturated heterocycles. The zero-order chi connectivity index (χ0) is 11.6. The summed E-state index contributed by atoms with van der Waals surface area (Å²) >= 11 is 0. The van der Waals surface area contributed by atoms with E-state index in [0.29, 0.717) is 6.42 Å². The van der Waals surface area contributed by atoms with Gasteiger partial charge in [0.05, 0.1) is 0 Å². The molecule has 0 radical (unpaired) electrons. The Morgan fingerprint density at radius 1 is 1.31 bits per heavy atom. The summed E-state index contributed by atoms with van der Waals surface area (Å²) < 4.78 is 0. The van der Waals surface area contributed by atoms with Gasteiger partial charge in [0.15, 0.2) is 0 Å². The lowest BCUT2D eigenvalue weighted by molar-refractivity contribution is -0.121. The Morgan fingerprint density at radius 2 is 2.06 bits per heavy atom. The molecule has 1 amide bonds. The highest BCUT2D eigenvalue weighted by molar-refractivity contribution is 5.76. The summed E-state index contributed by atoms with van der Waals surface area (Å²) in [7, 11) is 0. The monoisotopic (exact) mass is 217 g/mol. The number of benzene rings is 1. The SMILES string of the molecule is C=CCCCNC(=O)CCc1ccccc1. The van der Waals surface area contributed by atoms with Gasteiger partial charge < -0.3 is 5.32 Å². The van der Waals surface area contributed by atoms with Crippen LogP contribution in [0.5, 0.6) is 0 Å². The molecule has 0 aliphatic rings. The zero-order valence-electron chi connectivity index (χ0n) is 9.61. The molecule has 1 aromatic carbocycles. The summed E-state index contributed by atoms with van der Waals surface area (Å²) in [5.41, 5.74) is 1.21. The highest BCUT2D eigenvalue weighted by atomic mass is 16.1. The van der Waals surface area contributed by atoms with Crippen LogP contribution < -0.4 is 5.32 Å². The van der Waals surface area contributed by atoms with Crippen molar-refractivity contribution in [2.75, 3.05) is 6.54 Å². The van der Waals surface area contributed by atoms with E-state index < -0.39 is 0 Å². The van der Waals surface area contributed by atoms with Crippen molar-refractivity contribution in [1.82, 2.24) is 5.32 Å². The van der Waals surface area contributed by atoms with Gasteiger partial charge in [-0.1, -0.05) is 36.4 Å². The van der Waals surface area contributed by atoms with E-state index >= 15 is 0 Å². The summed E-state index contributed by atoms with van der Waals surface area (Å²) in [6.07, 6.45) is 5.18. The number of rotatable bonds is 7. The van der Waals surface area contributed by atoms with Crippen molar-refractivity contribution < 1.29 is 4.79 Å². The molecular formula is C14H19NO. The second kappa shape index (κ2) is 7.69. The Morgan fingerprint density at radius 3 is 2.75 bits per heavy atom. The van der Waals surface area contributed by atoms with E-state index in [0.717, 1.165) is 25.8 Å². The van der Waals surface area contributed by atoms with E-state index in [4.69, 9.17) is 0 Å². The molecule has 0 spiro atoms. The molecule has 2 nitrogen and oxygen atoms in total. The lowest BCUT2D eigenvalue weighted by Gasteiger charge is -2.04. The number of hydrogen-bond donors (Lipinski definition) is 1. The van der Waals surface area contributed by atoms with E-state index in [-0.39, 0.29) is 5.91 Å². The molecule has 16 heavy (non-hydrogen) atoms. The summed E-state index contributed by atoms with van der Waals surface area (Å²) in [5, 5.41) is 2.90. The van der Waals surface area contributed by atoms with Crippen molar-refractivity contribution in [3.05, 3.63) is 48.6 Å². The van der Waals surface area contributed by atoms with Crippen LogP contribution in [0, 0.1) is 0 Å². The van der Waals surface area contributed by atoms with Crippen LogP contribution in [0.2, 0.25) is 0 Å². The van der Waals surface area contributed by atoms with Crippen molar-refractivity contribution in [2.24, 2.45) is 0 Å². The van der Waals surface area contributed by atoms with E-state index in [9.17, 15) is 4.79 Å². The maximum Gasteiger partial charge on any atom is 0.220 e. The van der Waals surface area contributed by atoms with Crippen LogP contribution in [-0.4, -0.2) is 12.5 Å². The second-order valence-electron chi connectivity index (χ2n) is 3.77. The molecule has 0 unspecified atom stereocenters. The van der Waals surface area contributed by atoms with Crippen LogP contribution in [0.4, 0.5) is 0 Å². The number of aryl methyl sites for hydroxylation is 1. The van der Waals surface area contributed by atoms with Crippen LogP contribution in [0.15, 0.2) is 43.0 Å². The molecule has 0 aromatic heterocycles. The number of amides is 1. The first-order valence-electron chi connectivity index (χ1n) is 5.74. The average Bonchev–Trinajstić information content (AvgIpc) is 2.33. The lowest BCUT2D eigenvalue weighted by atomic mass is 10.1. The molecule has 86 valence electrons. The molecule has 1 N–H and O–H groups in total. The highest BCUT2D eigenvalue weighted by Gasteiger charge is 2.00. The Labute approximate surface area is 97.4 Å². The Hall–Kier alpha value is -1.57. The Kier molecular flexibility index (Phi) is 6.00. The third-order valence-electron chi connectivity index (χ3n) is 2.39. The second-order valence-corrected chi connectivity index (χ2v) is 3.77. The summed E-state index contributed by atoms with van der Waals surface area (Å²) in [6, 6.07) is 10.1. The van der Waals surface area contributed by atoms with Gasteiger partial charge in [-0.3, -0.25) is 4.79 Å². The third kappa shape index (κ3) is 5.35. The molecule has 0 atom stereocenters. The van der Waals surface area contributed by atoms with Crippen molar-refractivity contribution in [3.63, 3.8) is 0 Å². The third-order valence-corrected chi connectivity index (χ3v) is 2.39. The number of allylic oxidation sites excluding steroid dienone is 1. The van der Waals surface area contributed by atoms with Gasteiger partial charge >= 0.3 is 0 Å². The van der Waals surface area contributed by atoms with Crippen LogP contribution >= 0.6 is 0 Å². The number of nitrogens with one attached hydrogen (secondary N) is 1. The van der Waals surface area contributed by atoms with Gasteiger partial charge in [0.25, 0.3) is 0 Å². The minimum absolute atomic E-state index is 0.132. The normalized spacial score (nSPS) is 9.75. The van der Waals surface area contributed by atoms with Crippen molar-refractivity contribution in [1.29, 1.82) is 0 Å². The number of carbonyl (C=O) groups is 1. The smallest absolute Gasteiger partial charge is 0.220 e. The number of hydrogen-bond acceptors (Lipinski definition) is 1. The molecule has 0 aliphatic carbocycles. The van der Waals surface area contributed by atoms with Gasteiger partial charge in [0, 0.05) is 13.0 Å². The standard InChI is InChI=1S/C14H19NO/c1-2-3-7-12-15-14(16)11-10-13-8-5-4-6-9-13/h2,4-6,8-9H,1,3,7,10-12H2,(H,15,16). The van der Waals surface area contributed by atoms with Gasteiger partial charge in [0.1, 0.15) is 0 Å². The quantitative estimate of drug-likeness (QED) is 0.552. The molecule has 0 fully saturated rings. The van der Waals surface area contributed by atoms with Crippen LogP contribution in [0.3, 0.4) is 0 Å². The largest absolute Gasteiger partial charge is 0.356 e. The fourth-order valence-electron chi connectivity index (χ4n) is 1.47. The maximum atomic E-state index is 11.4. The Balaban J connectivity index is 2.13. The van der Waals surface area contributed by atoms with Gasteiger partial charge in [0.2, 0.25) is 5.91 Å². The van der Waals surface area contributed by atoms with E-state index in [1.807, 2.05) is 36.4 Å². The maximum absolute atomic E-state index is 11.4. The molecule has 0 aliphatic heterocycles. The van der Waals surface area contributed by atoms with E-state index in [1.54, 1.807) is 0 Å². The topological polar surface area (TPSA) is 29.1 Å². The average molecular weight is 217 g/mol. The zero-order valence-corrected chi connectivity index (χ0v) is 9.61. The van der Waals surface area contributed by atoms with Crippen LogP contribution in [-0.2, 0) is 11.2 Å². The summed E-state index contributed by atoms with van der Waals surface area (Å²) in [5.74, 6) is 0.132. The molecule has 0 heterocycles. The molecule has 1 aromatic rings. The minimum Gasteiger partial charge on any atom is -0.356 e. The first-order valence-corrected chi connectivity index (χ1v) is 5.74. The lowest BCUT2D eigenvalue weighted by Crippen LogP contribution is -2.24. The van der Waals surface area contributed by atoms with Crippen molar-refractivity contribution in [3.8, 4) is 0 Å². The number of carbonyl (C=O) groups excluding carboxylic acids is 1. The highest BCUT2D eigenvalue weighted by Crippen LogP contribution is 2.02. The van der Waals surface area contributed by atoms with Crippen molar-refractivity contribution >= 4 is 5.91 Å². The molecule has 0 bridgehead atoms. The van der Waals surface area contributed by atoms with Crippen LogP contribution in [0.1, 0.15) is 24.8 Å². The van der Waals surface area contributed by atoms with Gasteiger partial charge in [-0.05, 0) is 24.8 Å². The van der Waals surface area contributed by atoms with Crippen LogP contribution in [0.25, 0.3) is 0 Å². The van der Waals surface area contributed by atoms with E-state index in [2.05, 4.69) is 11.9 Å². The summed E-state index contributed by atoms with van der Waals surface area (Å²) in [6.45, 7) is 4.39. The number of unbranched alkanes of at least 4 members (excludes halogenated alkanes) is 1. The fourth-order valence-corrected chi connectivity index (χ4v) is 1.47. The summed E-state index contributed by atoms with van der Waals surface area (Å²) in [4.78, 5) is 11.4. The molecular weight excluding hydrogens is 198 g/mol. The first kappa shape index (κ1) is 12.5. The van der Waals surface area contributed by atoms with Gasteiger partial charge in [-0.2, -0.15) is 0 Å². The first-order chi connectivity index (χ1) is 7.83.